The topological polar surface area (TPSA) is 55.6 Å². The number of halogens is 2. The van der Waals surface area contributed by atoms with Crippen LogP contribution in [0.1, 0.15) is 59.3 Å². The summed E-state index contributed by atoms with van der Waals surface area (Å²) in [5.74, 6) is -2.59. The van der Waals surface area contributed by atoms with E-state index in [2.05, 4.69) is 0 Å². The second-order valence-electron chi connectivity index (χ2n) is 7.75. The Morgan fingerprint density at radius 3 is 2.36 bits per heavy atom. The lowest BCUT2D eigenvalue weighted by atomic mass is 9.67. The van der Waals surface area contributed by atoms with E-state index in [-0.39, 0.29) is 25.0 Å². The molecule has 1 unspecified atom stereocenters. The first-order chi connectivity index (χ1) is 10.1. The van der Waals surface area contributed by atoms with Crippen molar-refractivity contribution in [2.75, 3.05) is 13.1 Å². The fourth-order valence-corrected chi connectivity index (χ4v) is 3.73. The molecule has 1 heterocycles. The van der Waals surface area contributed by atoms with E-state index in [1.54, 1.807) is 4.90 Å². The average molecular weight is 318 g/mol. The zero-order chi connectivity index (χ0) is 16.6. The first-order valence-corrected chi connectivity index (χ1v) is 8.16. The van der Waals surface area contributed by atoms with Crippen molar-refractivity contribution < 1.29 is 18.3 Å². The molecule has 128 valence electrons. The van der Waals surface area contributed by atoms with Crippen LogP contribution >= 0.6 is 0 Å². The lowest BCUT2D eigenvalue weighted by Gasteiger charge is -2.46. The number of amides is 1. The molecule has 0 aromatic carbocycles. The molecule has 0 aromatic rings. The Hall–Kier alpha value is -0.910. The fraction of sp³-hybridized carbons (Fsp3) is 0.938. The van der Waals surface area contributed by atoms with Crippen LogP contribution in [0.25, 0.3) is 0 Å². The van der Waals surface area contributed by atoms with Crippen molar-refractivity contribution in [2.24, 2.45) is 11.1 Å². The monoisotopic (exact) mass is 318 g/mol. The molecular weight excluding hydrogens is 290 g/mol. The van der Waals surface area contributed by atoms with Gasteiger partial charge in [0.2, 0.25) is 5.92 Å². The van der Waals surface area contributed by atoms with Gasteiger partial charge in [0, 0.05) is 30.8 Å². The smallest absolute Gasteiger partial charge is 0.410 e. The second-order valence-corrected chi connectivity index (χ2v) is 7.75. The number of hydrogen-bond donors (Lipinski definition) is 1. The number of nitrogens with two attached hydrogens (primary N) is 1. The van der Waals surface area contributed by atoms with Crippen LogP contribution < -0.4 is 5.73 Å². The SMILES string of the molecule is CC(C)(C)OC(=O)N1CCCC1C1(CN)CCC(F)(F)CC1. The van der Waals surface area contributed by atoms with Crippen molar-refractivity contribution in [2.45, 2.75) is 76.9 Å². The van der Waals surface area contributed by atoms with Gasteiger partial charge in [-0.2, -0.15) is 0 Å². The number of alkyl halides is 2. The van der Waals surface area contributed by atoms with Crippen molar-refractivity contribution in [3.05, 3.63) is 0 Å². The number of rotatable bonds is 2. The van der Waals surface area contributed by atoms with Gasteiger partial charge < -0.3 is 15.4 Å². The lowest BCUT2D eigenvalue weighted by Crippen LogP contribution is -2.54. The van der Waals surface area contributed by atoms with Crippen molar-refractivity contribution in [3.63, 3.8) is 0 Å². The third kappa shape index (κ3) is 3.70. The first-order valence-electron chi connectivity index (χ1n) is 8.16. The summed E-state index contributed by atoms with van der Waals surface area (Å²) in [6.45, 7) is 6.45. The van der Waals surface area contributed by atoms with Crippen LogP contribution in [0.15, 0.2) is 0 Å². The van der Waals surface area contributed by atoms with Gasteiger partial charge in [-0.05, 0) is 53.0 Å². The minimum Gasteiger partial charge on any atom is -0.444 e. The maximum atomic E-state index is 13.5. The maximum Gasteiger partial charge on any atom is 0.410 e. The molecular formula is C16H28F2N2O2. The molecule has 1 saturated heterocycles. The minimum atomic E-state index is -2.59. The van der Waals surface area contributed by atoms with Gasteiger partial charge in [-0.25, -0.2) is 13.6 Å². The first kappa shape index (κ1) is 17.4. The van der Waals surface area contributed by atoms with Crippen LogP contribution in [0.4, 0.5) is 13.6 Å². The highest BCUT2D eigenvalue weighted by atomic mass is 19.3. The maximum absolute atomic E-state index is 13.5. The van der Waals surface area contributed by atoms with E-state index in [0.29, 0.717) is 25.9 Å². The Bertz CT molecular complexity index is 411. The molecule has 22 heavy (non-hydrogen) atoms. The highest BCUT2D eigenvalue weighted by Gasteiger charge is 2.51. The summed E-state index contributed by atoms with van der Waals surface area (Å²) in [5.41, 5.74) is 5.02. The zero-order valence-corrected chi connectivity index (χ0v) is 13.8. The number of hydrogen-bond acceptors (Lipinski definition) is 3. The zero-order valence-electron chi connectivity index (χ0n) is 13.8. The molecule has 1 amide bonds. The largest absolute Gasteiger partial charge is 0.444 e. The van der Waals surface area contributed by atoms with Crippen LogP contribution in [0.3, 0.4) is 0 Å². The van der Waals surface area contributed by atoms with Gasteiger partial charge in [0.1, 0.15) is 5.60 Å². The molecule has 1 saturated carbocycles. The molecule has 1 atom stereocenters. The third-order valence-electron chi connectivity index (χ3n) is 4.97. The molecule has 0 aromatic heterocycles. The lowest BCUT2D eigenvalue weighted by molar-refractivity contribution is -0.0819. The summed E-state index contributed by atoms with van der Waals surface area (Å²) >= 11 is 0. The Morgan fingerprint density at radius 1 is 1.27 bits per heavy atom. The molecule has 0 spiro atoms. The molecule has 2 N–H and O–H groups in total. The number of likely N-dealkylation sites (tertiary alicyclic amines) is 1. The van der Waals surface area contributed by atoms with E-state index >= 15 is 0 Å². The van der Waals surface area contributed by atoms with Crippen molar-refractivity contribution in [1.29, 1.82) is 0 Å². The average Bonchev–Trinajstić information content (AvgIpc) is 2.87. The van der Waals surface area contributed by atoms with Crippen LogP contribution in [0, 0.1) is 5.41 Å². The molecule has 1 aliphatic carbocycles. The van der Waals surface area contributed by atoms with Gasteiger partial charge in [-0.3, -0.25) is 0 Å². The standard InChI is InChI=1S/C16H28F2N2O2/c1-14(2,3)22-13(21)20-10-4-5-12(20)15(11-19)6-8-16(17,18)9-7-15/h12H,4-11,19H2,1-3H3. The van der Waals surface area contributed by atoms with Crippen LogP contribution in [0.2, 0.25) is 0 Å². The molecule has 2 rings (SSSR count). The minimum absolute atomic E-state index is 0.0801. The molecule has 0 bridgehead atoms. The fourth-order valence-electron chi connectivity index (χ4n) is 3.73. The Balaban J connectivity index is 2.13. The summed E-state index contributed by atoms with van der Waals surface area (Å²) in [5, 5.41) is 0. The molecule has 4 nitrogen and oxygen atoms in total. The Morgan fingerprint density at radius 2 is 1.86 bits per heavy atom. The number of carbonyl (C=O) groups is 1. The number of nitrogens with zero attached hydrogens (tertiary/aromatic N) is 1. The quantitative estimate of drug-likeness (QED) is 0.847. The molecule has 1 aliphatic heterocycles. The van der Waals surface area contributed by atoms with E-state index in [1.807, 2.05) is 20.8 Å². The Labute approximate surface area is 131 Å². The van der Waals surface area contributed by atoms with E-state index in [4.69, 9.17) is 10.5 Å². The summed E-state index contributed by atoms with van der Waals surface area (Å²) in [7, 11) is 0. The van der Waals surface area contributed by atoms with E-state index < -0.39 is 16.9 Å². The van der Waals surface area contributed by atoms with E-state index in [9.17, 15) is 13.6 Å². The highest BCUT2D eigenvalue weighted by molar-refractivity contribution is 5.69. The summed E-state index contributed by atoms with van der Waals surface area (Å²) in [6.07, 6.45) is 1.83. The van der Waals surface area contributed by atoms with Crippen molar-refractivity contribution >= 4 is 6.09 Å². The van der Waals surface area contributed by atoms with Crippen LogP contribution in [-0.4, -0.2) is 41.6 Å². The second kappa shape index (κ2) is 5.95. The van der Waals surface area contributed by atoms with Crippen molar-refractivity contribution in [3.8, 4) is 0 Å². The predicted octanol–water partition coefficient (Wildman–Crippen LogP) is 3.54. The normalized spacial score (nSPS) is 27.7. The predicted molar refractivity (Wildman–Crippen MR) is 80.9 cm³/mol. The summed E-state index contributed by atoms with van der Waals surface area (Å²) in [6, 6.07) is -0.0801. The van der Waals surface area contributed by atoms with Gasteiger partial charge in [0.05, 0.1) is 0 Å². The molecule has 2 fully saturated rings. The van der Waals surface area contributed by atoms with Crippen molar-refractivity contribution in [1.82, 2.24) is 4.90 Å². The van der Waals surface area contributed by atoms with Gasteiger partial charge in [0.15, 0.2) is 0 Å². The Kier molecular flexibility index (Phi) is 4.71. The highest BCUT2D eigenvalue weighted by Crippen LogP contribution is 2.48. The van der Waals surface area contributed by atoms with E-state index in [1.165, 1.54) is 0 Å². The molecule has 6 heteroatoms. The van der Waals surface area contributed by atoms with Gasteiger partial charge in [-0.1, -0.05) is 0 Å². The van der Waals surface area contributed by atoms with Gasteiger partial charge in [0.25, 0.3) is 0 Å². The van der Waals surface area contributed by atoms with Gasteiger partial charge >= 0.3 is 6.09 Å². The number of carbonyl (C=O) groups excluding carboxylic acids is 1. The summed E-state index contributed by atoms with van der Waals surface area (Å²) < 4.78 is 32.5. The van der Waals surface area contributed by atoms with Gasteiger partial charge in [-0.15, -0.1) is 0 Å². The molecule has 2 aliphatic rings. The molecule has 0 radical (unpaired) electrons. The summed E-state index contributed by atoms with van der Waals surface area (Å²) in [4.78, 5) is 14.1. The number of ether oxygens (including phenoxy) is 1. The third-order valence-corrected chi connectivity index (χ3v) is 4.97. The van der Waals surface area contributed by atoms with Crippen LogP contribution in [-0.2, 0) is 4.74 Å². The van der Waals surface area contributed by atoms with E-state index in [0.717, 1.165) is 12.8 Å². The van der Waals surface area contributed by atoms with Crippen LogP contribution in [0.5, 0.6) is 0 Å².